The summed E-state index contributed by atoms with van der Waals surface area (Å²) in [4.78, 5) is 17.3. The molecular formula is C19H30N4O3. The predicted molar refractivity (Wildman–Crippen MR) is 102 cm³/mol. The molecule has 1 fully saturated rings. The van der Waals surface area contributed by atoms with Gasteiger partial charge in [0, 0.05) is 40.4 Å². The molecule has 0 aliphatic carbocycles. The standard InChI is InChI=1S/C19H30N4O3/c1-21-19(23(2)9-6-15-7-10-25-11-8-15)22-13-16-4-3-5-17(12-16)26-14-18(20)24/h3-5,12,15H,6-11,13-14H2,1-2H3,(H2,20,24)(H,21,22). The van der Waals surface area contributed by atoms with Crippen LogP contribution < -0.4 is 15.8 Å². The SMILES string of the molecule is CN=C(NCc1cccc(OCC(N)=O)c1)N(C)CCC1CCOCC1. The Morgan fingerprint density at radius 1 is 1.42 bits per heavy atom. The lowest BCUT2D eigenvalue weighted by atomic mass is 9.96. The Kier molecular flexibility index (Phi) is 8.21. The molecule has 1 saturated heterocycles. The van der Waals surface area contributed by atoms with Crippen LogP contribution in [0, 0.1) is 5.92 Å². The van der Waals surface area contributed by atoms with Crippen molar-refractivity contribution in [3.05, 3.63) is 29.8 Å². The summed E-state index contributed by atoms with van der Waals surface area (Å²) in [5.74, 6) is 1.75. The molecule has 7 heteroatoms. The van der Waals surface area contributed by atoms with E-state index in [4.69, 9.17) is 15.2 Å². The number of ether oxygens (including phenoxy) is 2. The second kappa shape index (κ2) is 10.7. The lowest BCUT2D eigenvalue weighted by molar-refractivity contribution is -0.119. The minimum absolute atomic E-state index is 0.118. The lowest BCUT2D eigenvalue weighted by Gasteiger charge is -2.26. The number of amides is 1. The zero-order valence-corrected chi connectivity index (χ0v) is 15.7. The normalized spacial score (nSPS) is 15.5. The topological polar surface area (TPSA) is 89.2 Å². The Bertz CT molecular complexity index is 600. The number of nitrogens with one attached hydrogen (secondary N) is 1. The van der Waals surface area contributed by atoms with Gasteiger partial charge in [-0.1, -0.05) is 12.1 Å². The van der Waals surface area contributed by atoms with Gasteiger partial charge in [0.15, 0.2) is 12.6 Å². The van der Waals surface area contributed by atoms with Crippen LogP contribution in [0.3, 0.4) is 0 Å². The molecule has 0 unspecified atom stereocenters. The minimum atomic E-state index is -0.486. The number of aliphatic imine (C=N–C) groups is 1. The number of nitrogens with two attached hydrogens (primary N) is 1. The van der Waals surface area contributed by atoms with Gasteiger partial charge in [0.25, 0.3) is 5.91 Å². The van der Waals surface area contributed by atoms with Gasteiger partial charge < -0.3 is 25.4 Å². The van der Waals surface area contributed by atoms with Crippen LogP contribution in [0.5, 0.6) is 5.75 Å². The average Bonchev–Trinajstić information content (AvgIpc) is 2.66. The van der Waals surface area contributed by atoms with Crippen molar-refractivity contribution in [1.29, 1.82) is 0 Å². The molecule has 26 heavy (non-hydrogen) atoms. The Labute approximate surface area is 155 Å². The van der Waals surface area contributed by atoms with Crippen molar-refractivity contribution >= 4 is 11.9 Å². The third-order valence-corrected chi connectivity index (χ3v) is 4.52. The van der Waals surface area contributed by atoms with Crippen LogP contribution in [-0.4, -0.2) is 57.2 Å². The van der Waals surface area contributed by atoms with E-state index in [1.54, 1.807) is 13.1 Å². The van der Waals surface area contributed by atoms with E-state index in [0.29, 0.717) is 12.3 Å². The molecule has 3 N–H and O–H groups in total. The number of hydrogen-bond donors (Lipinski definition) is 2. The monoisotopic (exact) mass is 362 g/mol. The van der Waals surface area contributed by atoms with Crippen molar-refractivity contribution in [3.63, 3.8) is 0 Å². The molecule has 1 aliphatic heterocycles. The van der Waals surface area contributed by atoms with Gasteiger partial charge in [-0.25, -0.2) is 0 Å². The van der Waals surface area contributed by atoms with E-state index in [1.807, 2.05) is 18.2 Å². The van der Waals surface area contributed by atoms with Gasteiger partial charge in [-0.2, -0.15) is 0 Å². The van der Waals surface area contributed by atoms with Crippen LogP contribution in [-0.2, 0) is 16.1 Å². The first-order chi connectivity index (χ1) is 12.6. The summed E-state index contributed by atoms with van der Waals surface area (Å²) >= 11 is 0. The molecule has 1 amide bonds. The predicted octanol–water partition coefficient (Wildman–Crippen LogP) is 1.37. The number of carbonyl (C=O) groups is 1. The van der Waals surface area contributed by atoms with Crippen LogP contribution in [0.25, 0.3) is 0 Å². The van der Waals surface area contributed by atoms with Crippen molar-refractivity contribution < 1.29 is 14.3 Å². The Morgan fingerprint density at radius 2 is 2.19 bits per heavy atom. The highest BCUT2D eigenvalue weighted by atomic mass is 16.5. The van der Waals surface area contributed by atoms with Gasteiger partial charge >= 0.3 is 0 Å². The summed E-state index contributed by atoms with van der Waals surface area (Å²) in [5, 5.41) is 3.37. The maximum Gasteiger partial charge on any atom is 0.255 e. The van der Waals surface area contributed by atoms with Crippen molar-refractivity contribution in [2.45, 2.75) is 25.8 Å². The van der Waals surface area contributed by atoms with Crippen molar-refractivity contribution in [1.82, 2.24) is 10.2 Å². The molecule has 1 aliphatic rings. The van der Waals surface area contributed by atoms with E-state index < -0.39 is 5.91 Å². The highest BCUT2D eigenvalue weighted by Crippen LogP contribution is 2.18. The maximum absolute atomic E-state index is 10.8. The van der Waals surface area contributed by atoms with E-state index in [2.05, 4.69) is 22.3 Å². The summed E-state index contributed by atoms with van der Waals surface area (Å²) < 4.78 is 10.8. The molecule has 144 valence electrons. The largest absolute Gasteiger partial charge is 0.484 e. The summed E-state index contributed by atoms with van der Waals surface area (Å²) in [5.41, 5.74) is 6.15. The van der Waals surface area contributed by atoms with Gasteiger partial charge in [0.2, 0.25) is 0 Å². The van der Waals surface area contributed by atoms with E-state index in [9.17, 15) is 4.79 Å². The highest BCUT2D eigenvalue weighted by Gasteiger charge is 2.15. The Morgan fingerprint density at radius 3 is 2.88 bits per heavy atom. The molecule has 2 rings (SSSR count). The first-order valence-corrected chi connectivity index (χ1v) is 9.08. The van der Waals surface area contributed by atoms with Crippen LogP contribution >= 0.6 is 0 Å². The number of carbonyl (C=O) groups excluding carboxylic acids is 1. The molecule has 0 radical (unpaired) electrons. The molecule has 7 nitrogen and oxygen atoms in total. The molecule has 0 spiro atoms. The maximum atomic E-state index is 10.8. The summed E-state index contributed by atoms with van der Waals surface area (Å²) in [6.45, 7) is 3.24. The Hall–Kier alpha value is -2.28. The van der Waals surface area contributed by atoms with E-state index in [-0.39, 0.29) is 6.61 Å². The molecular weight excluding hydrogens is 332 g/mol. The number of guanidine groups is 1. The average molecular weight is 362 g/mol. The van der Waals surface area contributed by atoms with Crippen LogP contribution in [0.15, 0.2) is 29.3 Å². The fourth-order valence-corrected chi connectivity index (χ4v) is 2.98. The first kappa shape index (κ1) is 20.0. The number of rotatable bonds is 8. The van der Waals surface area contributed by atoms with E-state index in [1.165, 1.54) is 0 Å². The van der Waals surface area contributed by atoms with Crippen molar-refractivity contribution in [3.8, 4) is 5.75 Å². The second-order valence-electron chi connectivity index (χ2n) is 6.57. The zero-order chi connectivity index (χ0) is 18.8. The van der Waals surface area contributed by atoms with Gasteiger partial charge in [-0.3, -0.25) is 9.79 Å². The quantitative estimate of drug-likeness (QED) is 0.539. The van der Waals surface area contributed by atoms with Crippen LogP contribution in [0.4, 0.5) is 0 Å². The van der Waals surface area contributed by atoms with Crippen molar-refractivity contribution in [2.24, 2.45) is 16.6 Å². The lowest BCUT2D eigenvalue weighted by Crippen LogP contribution is -2.39. The van der Waals surface area contributed by atoms with Gasteiger partial charge in [0.1, 0.15) is 5.75 Å². The number of benzene rings is 1. The molecule has 1 aromatic rings. The van der Waals surface area contributed by atoms with E-state index >= 15 is 0 Å². The minimum Gasteiger partial charge on any atom is -0.484 e. The van der Waals surface area contributed by atoms with Crippen LogP contribution in [0.1, 0.15) is 24.8 Å². The van der Waals surface area contributed by atoms with Gasteiger partial charge in [-0.15, -0.1) is 0 Å². The van der Waals surface area contributed by atoms with E-state index in [0.717, 1.165) is 56.5 Å². The van der Waals surface area contributed by atoms with Gasteiger partial charge in [-0.05, 0) is 42.9 Å². The summed E-state index contributed by atoms with van der Waals surface area (Å²) in [7, 11) is 3.85. The molecule has 1 heterocycles. The fraction of sp³-hybridized carbons (Fsp3) is 0.579. The number of primary amides is 1. The zero-order valence-electron chi connectivity index (χ0n) is 15.7. The third-order valence-electron chi connectivity index (χ3n) is 4.52. The smallest absolute Gasteiger partial charge is 0.255 e. The first-order valence-electron chi connectivity index (χ1n) is 9.08. The fourth-order valence-electron chi connectivity index (χ4n) is 2.98. The highest BCUT2D eigenvalue weighted by molar-refractivity contribution is 5.79. The molecule has 0 atom stereocenters. The van der Waals surface area contributed by atoms with Crippen LogP contribution in [0.2, 0.25) is 0 Å². The molecule has 0 bridgehead atoms. The summed E-state index contributed by atoms with van der Waals surface area (Å²) in [6, 6.07) is 7.59. The van der Waals surface area contributed by atoms with Crippen molar-refractivity contribution in [2.75, 3.05) is 40.5 Å². The molecule has 1 aromatic carbocycles. The number of nitrogens with zero attached hydrogens (tertiary/aromatic N) is 2. The van der Waals surface area contributed by atoms with Gasteiger partial charge in [0.05, 0.1) is 0 Å². The number of hydrogen-bond acceptors (Lipinski definition) is 4. The molecule has 0 saturated carbocycles. The summed E-state index contributed by atoms with van der Waals surface area (Å²) in [6.07, 6.45) is 3.45. The molecule has 0 aromatic heterocycles. The third kappa shape index (κ3) is 6.92. The second-order valence-corrected chi connectivity index (χ2v) is 6.57. The Balaban J connectivity index is 1.80.